The third-order valence-corrected chi connectivity index (χ3v) is 4.66. The molecule has 1 N–H and O–H groups in total. The van der Waals surface area contributed by atoms with E-state index in [4.69, 9.17) is 0 Å². The van der Waals surface area contributed by atoms with Gasteiger partial charge in [-0.1, -0.05) is 30.3 Å². The van der Waals surface area contributed by atoms with Gasteiger partial charge in [0.05, 0.1) is 13.1 Å². The molecule has 0 spiro atoms. The van der Waals surface area contributed by atoms with Crippen LogP contribution in [0.15, 0.2) is 30.3 Å². The molecule has 7 heteroatoms. The van der Waals surface area contributed by atoms with E-state index < -0.39 is 6.04 Å². The number of hydrogen-bond acceptors (Lipinski definition) is 4. The van der Waals surface area contributed by atoms with Crippen LogP contribution in [0.2, 0.25) is 0 Å². The second-order valence-corrected chi connectivity index (χ2v) is 6.30. The smallest absolute Gasteiger partial charge is 0.245 e. The van der Waals surface area contributed by atoms with Crippen molar-refractivity contribution in [3.05, 3.63) is 35.9 Å². The van der Waals surface area contributed by atoms with Crippen LogP contribution >= 0.6 is 0 Å². The van der Waals surface area contributed by atoms with Crippen LogP contribution in [0.4, 0.5) is 0 Å². The Bertz CT molecular complexity index is 689. The Kier molecular flexibility index (Phi) is 5.11. The molecule has 25 heavy (non-hydrogen) atoms. The number of nitrogens with one attached hydrogen (secondary N) is 1. The van der Waals surface area contributed by atoms with Crippen LogP contribution < -0.4 is 5.32 Å². The summed E-state index contributed by atoms with van der Waals surface area (Å²) >= 11 is 0. The van der Waals surface area contributed by atoms with Crippen molar-refractivity contribution in [1.82, 2.24) is 15.1 Å². The molecule has 1 aromatic carbocycles. The Hall–Kier alpha value is -2.70. The zero-order valence-electron chi connectivity index (χ0n) is 13.9. The van der Waals surface area contributed by atoms with E-state index in [1.165, 1.54) is 0 Å². The number of carbonyl (C=O) groups excluding carboxylic acids is 4. The molecule has 0 bridgehead atoms. The second kappa shape index (κ2) is 7.46. The van der Waals surface area contributed by atoms with Gasteiger partial charge < -0.3 is 15.1 Å². The van der Waals surface area contributed by atoms with Crippen LogP contribution in [0.3, 0.4) is 0 Å². The van der Waals surface area contributed by atoms with Gasteiger partial charge in [-0.15, -0.1) is 0 Å². The summed E-state index contributed by atoms with van der Waals surface area (Å²) in [6, 6.07) is 8.42. The number of Topliss-reactive ketones (excluding diaryl/α,β-unsaturated/α-hetero) is 1. The lowest BCUT2D eigenvalue weighted by molar-refractivity contribution is -0.152. The average Bonchev–Trinajstić information content (AvgIpc) is 2.65. The summed E-state index contributed by atoms with van der Waals surface area (Å²) in [5.74, 6) is -0.372. The first kappa shape index (κ1) is 17.1. The van der Waals surface area contributed by atoms with Crippen molar-refractivity contribution < 1.29 is 19.2 Å². The highest BCUT2D eigenvalue weighted by Gasteiger charge is 2.39. The van der Waals surface area contributed by atoms with Gasteiger partial charge in [0.1, 0.15) is 6.04 Å². The lowest BCUT2D eigenvalue weighted by Crippen LogP contribution is -2.66. The number of hydrogen-bond donors (Lipinski definition) is 1. The topological polar surface area (TPSA) is 86.8 Å². The van der Waals surface area contributed by atoms with Gasteiger partial charge in [0, 0.05) is 31.5 Å². The summed E-state index contributed by atoms with van der Waals surface area (Å²) in [5.41, 5.74) is 0.654. The minimum Gasteiger partial charge on any atom is -0.345 e. The van der Waals surface area contributed by atoms with E-state index in [2.05, 4.69) is 5.32 Å². The SMILES string of the molecule is O=C(CCCC(=O)N1CCN2C(=O)CNC(=O)C2C1)c1ccccc1. The van der Waals surface area contributed by atoms with Crippen molar-refractivity contribution in [2.24, 2.45) is 0 Å². The van der Waals surface area contributed by atoms with Crippen LogP contribution in [0, 0.1) is 0 Å². The van der Waals surface area contributed by atoms with E-state index in [1.807, 2.05) is 18.2 Å². The molecule has 0 radical (unpaired) electrons. The third kappa shape index (κ3) is 3.87. The maximum Gasteiger partial charge on any atom is 0.245 e. The second-order valence-electron chi connectivity index (χ2n) is 6.30. The van der Waals surface area contributed by atoms with Crippen molar-refractivity contribution in [2.75, 3.05) is 26.2 Å². The summed E-state index contributed by atoms with van der Waals surface area (Å²) in [6.07, 6.45) is 1.06. The van der Waals surface area contributed by atoms with Crippen molar-refractivity contribution in [3.8, 4) is 0 Å². The fourth-order valence-corrected chi connectivity index (χ4v) is 3.24. The highest BCUT2D eigenvalue weighted by atomic mass is 16.2. The summed E-state index contributed by atoms with van der Waals surface area (Å²) < 4.78 is 0. The number of benzene rings is 1. The fraction of sp³-hybridized carbons (Fsp3) is 0.444. The molecule has 3 amide bonds. The molecule has 2 saturated heterocycles. The molecular weight excluding hydrogens is 322 g/mol. The normalized spacial score (nSPS) is 20.1. The number of amides is 3. The molecule has 7 nitrogen and oxygen atoms in total. The van der Waals surface area contributed by atoms with Gasteiger partial charge in [-0.05, 0) is 6.42 Å². The highest BCUT2D eigenvalue weighted by Crippen LogP contribution is 2.15. The molecule has 3 rings (SSSR count). The lowest BCUT2D eigenvalue weighted by atomic mass is 10.0. The first-order chi connectivity index (χ1) is 12.1. The Morgan fingerprint density at radius 3 is 2.60 bits per heavy atom. The van der Waals surface area contributed by atoms with Crippen molar-refractivity contribution in [1.29, 1.82) is 0 Å². The molecule has 1 atom stereocenters. The van der Waals surface area contributed by atoms with Gasteiger partial charge in [-0.2, -0.15) is 0 Å². The van der Waals surface area contributed by atoms with Gasteiger partial charge in [-0.3, -0.25) is 19.2 Å². The average molecular weight is 343 g/mol. The quantitative estimate of drug-likeness (QED) is 0.774. The largest absolute Gasteiger partial charge is 0.345 e. The van der Waals surface area contributed by atoms with E-state index in [0.717, 1.165) is 0 Å². The molecule has 1 aromatic rings. The first-order valence-corrected chi connectivity index (χ1v) is 8.49. The predicted octanol–water partition coefficient (Wildman–Crippen LogP) is 0.209. The van der Waals surface area contributed by atoms with E-state index in [1.54, 1.807) is 21.9 Å². The number of rotatable bonds is 5. The predicted molar refractivity (Wildman–Crippen MR) is 89.7 cm³/mol. The van der Waals surface area contributed by atoms with Gasteiger partial charge in [0.25, 0.3) is 0 Å². The Morgan fingerprint density at radius 1 is 1.08 bits per heavy atom. The Balaban J connectivity index is 1.48. The number of nitrogens with zero attached hydrogens (tertiary/aromatic N) is 2. The van der Waals surface area contributed by atoms with E-state index in [0.29, 0.717) is 31.5 Å². The van der Waals surface area contributed by atoms with Crippen LogP contribution in [-0.2, 0) is 14.4 Å². The molecular formula is C18H21N3O4. The first-order valence-electron chi connectivity index (χ1n) is 8.49. The van der Waals surface area contributed by atoms with Crippen LogP contribution in [-0.4, -0.2) is 65.5 Å². The molecule has 0 saturated carbocycles. The maximum atomic E-state index is 12.4. The van der Waals surface area contributed by atoms with Gasteiger partial charge >= 0.3 is 0 Å². The van der Waals surface area contributed by atoms with Crippen LogP contribution in [0.5, 0.6) is 0 Å². The van der Waals surface area contributed by atoms with E-state index >= 15 is 0 Å². The zero-order chi connectivity index (χ0) is 17.8. The zero-order valence-corrected chi connectivity index (χ0v) is 13.9. The molecule has 1 unspecified atom stereocenters. The lowest BCUT2D eigenvalue weighted by Gasteiger charge is -2.42. The van der Waals surface area contributed by atoms with Crippen molar-refractivity contribution in [2.45, 2.75) is 25.3 Å². The summed E-state index contributed by atoms with van der Waals surface area (Å²) in [7, 11) is 0. The third-order valence-electron chi connectivity index (χ3n) is 4.66. The van der Waals surface area contributed by atoms with Gasteiger partial charge in [0.15, 0.2) is 5.78 Å². The highest BCUT2D eigenvalue weighted by molar-refractivity contribution is 5.96. The molecule has 0 aliphatic carbocycles. The molecule has 2 heterocycles. The van der Waals surface area contributed by atoms with Crippen molar-refractivity contribution in [3.63, 3.8) is 0 Å². The number of piperazine rings is 2. The van der Waals surface area contributed by atoms with Crippen LogP contribution in [0.1, 0.15) is 29.6 Å². The number of ketones is 1. The standard InChI is InChI=1S/C18H21N3O4/c22-15(13-5-2-1-3-6-13)7-4-8-16(23)20-9-10-21-14(12-20)18(25)19-11-17(21)24/h1-3,5-6,14H,4,7-12H2,(H,19,25). The van der Waals surface area contributed by atoms with E-state index in [-0.39, 0.29) is 43.0 Å². The Morgan fingerprint density at radius 2 is 1.84 bits per heavy atom. The molecule has 132 valence electrons. The summed E-state index contributed by atoms with van der Waals surface area (Å²) in [5, 5.41) is 2.55. The molecule has 2 aliphatic heterocycles. The van der Waals surface area contributed by atoms with E-state index in [9.17, 15) is 19.2 Å². The minimum atomic E-state index is -0.593. The van der Waals surface area contributed by atoms with Crippen LogP contribution in [0.25, 0.3) is 0 Å². The van der Waals surface area contributed by atoms with Gasteiger partial charge in [0.2, 0.25) is 17.7 Å². The summed E-state index contributed by atoms with van der Waals surface area (Å²) in [4.78, 5) is 51.3. The van der Waals surface area contributed by atoms with Crippen molar-refractivity contribution >= 4 is 23.5 Å². The summed E-state index contributed by atoms with van der Waals surface area (Å²) in [6.45, 7) is 1.07. The van der Waals surface area contributed by atoms with Gasteiger partial charge in [-0.25, -0.2) is 0 Å². The molecule has 0 aromatic heterocycles. The number of carbonyl (C=O) groups is 4. The molecule has 2 aliphatic rings. The fourth-order valence-electron chi connectivity index (χ4n) is 3.24. The maximum absolute atomic E-state index is 12.4. The molecule has 2 fully saturated rings. The monoisotopic (exact) mass is 343 g/mol. The minimum absolute atomic E-state index is 0.0236. The Labute approximate surface area is 146 Å². The number of fused-ring (bicyclic) bond motifs is 1.